The van der Waals surface area contributed by atoms with Gasteiger partial charge < -0.3 is 0 Å². The Labute approximate surface area is 66.0 Å². The standard InChI is InChI=1S/C10H21/c1-5-6-7-10(4)8-9(2)3/h7,9-10H,5-6,8H2,1-4H3. The first-order chi connectivity index (χ1) is 4.66. The fourth-order valence-electron chi connectivity index (χ4n) is 1.29. The Hall–Kier alpha value is 0. The van der Waals surface area contributed by atoms with Crippen molar-refractivity contribution in [1.82, 2.24) is 0 Å². The second-order valence-electron chi connectivity index (χ2n) is 3.63. The van der Waals surface area contributed by atoms with E-state index in [-0.39, 0.29) is 0 Å². The summed E-state index contributed by atoms with van der Waals surface area (Å²) in [4.78, 5) is 0. The molecule has 0 aliphatic heterocycles. The van der Waals surface area contributed by atoms with Crippen molar-refractivity contribution in [3.05, 3.63) is 6.42 Å². The highest BCUT2D eigenvalue weighted by Gasteiger charge is 2.03. The molecule has 0 aliphatic rings. The Morgan fingerprint density at radius 2 is 1.80 bits per heavy atom. The van der Waals surface area contributed by atoms with E-state index in [0.29, 0.717) is 0 Å². The third kappa shape index (κ3) is 6.12. The molecule has 0 spiro atoms. The van der Waals surface area contributed by atoms with Crippen LogP contribution in [0.15, 0.2) is 0 Å². The van der Waals surface area contributed by atoms with Crippen molar-refractivity contribution in [2.24, 2.45) is 11.8 Å². The molecule has 0 nitrogen and oxygen atoms in total. The fraction of sp³-hybridized carbons (Fsp3) is 0.900. The molecule has 10 heavy (non-hydrogen) atoms. The van der Waals surface area contributed by atoms with Crippen LogP contribution in [-0.4, -0.2) is 0 Å². The van der Waals surface area contributed by atoms with E-state index in [0.717, 1.165) is 11.8 Å². The topological polar surface area (TPSA) is 0 Å². The zero-order valence-electron chi connectivity index (χ0n) is 7.85. The number of hydrogen-bond donors (Lipinski definition) is 0. The molecule has 0 aromatic carbocycles. The van der Waals surface area contributed by atoms with Gasteiger partial charge in [0, 0.05) is 0 Å². The Bertz CT molecular complexity index is 64.4. The molecule has 0 aromatic rings. The van der Waals surface area contributed by atoms with Crippen LogP contribution in [0, 0.1) is 18.3 Å². The number of hydrogen-bond acceptors (Lipinski definition) is 0. The zero-order valence-corrected chi connectivity index (χ0v) is 7.85. The Morgan fingerprint density at radius 1 is 1.20 bits per heavy atom. The number of rotatable bonds is 5. The monoisotopic (exact) mass is 141 g/mol. The van der Waals surface area contributed by atoms with Gasteiger partial charge in [0.2, 0.25) is 0 Å². The lowest BCUT2D eigenvalue weighted by Crippen LogP contribution is -2.00. The van der Waals surface area contributed by atoms with Crippen LogP contribution in [0.3, 0.4) is 0 Å². The lowest BCUT2D eigenvalue weighted by molar-refractivity contribution is 0.470. The van der Waals surface area contributed by atoms with Crippen molar-refractivity contribution >= 4 is 0 Å². The van der Waals surface area contributed by atoms with E-state index in [2.05, 4.69) is 34.1 Å². The van der Waals surface area contributed by atoms with Crippen LogP contribution in [0.25, 0.3) is 0 Å². The predicted molar refractivity (Wildman–Crippen MR) is 47.8 cm³/mol. The Kier molecular flexibility index (Phi) is 5.76. The van der Waals surface area contributed by atoms with Gasteiger partial charge in [-0.3, -0.25) is 0 Å². The normalized spacial score (nSPS) is 14.1. The molecule has 0 saturated carbocycles. The lowest BCUT2D eigenvalue weighted by Gasteiger charge is -2.12. The summed E-state index contributed by atoms with van der Waals surface area (Å²) >= 11 is 0. The van der Waals surface area contributed by atoms with Crippen LogP contribution in [0.1, 0.15) is 47.0 Å². The maximum atomic E-state index is 2.44. The van der Waals surface area contributed by atoms with Crippen LogP contribution < -0.4 is 0 Å². The molecule has 0 amide bonds. The van der Waals surface area contributed by atoms with E-state index >= 15 is 0 Å². The molecule has 1 unspecified atom stereocenters. The second-order valence-corrected chi connectivity index (χ2v) is 3.63. The van der Waals surface area contributed by atoms with Gasteiger partial charge in [-0.25, -0.2) is 0 Å². The third-order valence-electron chi connectivity index (χ3n) is 1.70. The van der Waals surface area contributed by atoms with Gasteiger partial charge in [-0.05, 0) is 24.7 Å². The molecule has 0 saturated heterocycles. The van der Waals surface area contributed by atoms with E-state index in [4.69, 9.17) is 0 Å². The first-order valence-electron chi connectivity index (χ1n) is 4.50. The SMILES string of the molecule is CCC[CH]C(C)CC(C)C. The summed E-state index contributed by atoms with van der Waals surface area (Å²) in [5.41, 5.74) is 0. The van der Waals surface area contributed by atoms with E-state index < -0.39 is 0 Å². The summed E-state index contributed by atoms with van der Waals surface area (Å²) in [6, 6.07) is 0. The average molecular weight is 141 g/mol. The highest BCUT2D eigenvalue weighted by molar-refractivity contribution is 4.72. The van der Waals surface area contributed by atoms with E-state index in [1.54, 1.807) is 0 Å². The first kappa shape index (κ1) is 10.0. The number of unbranched alkanes of at least 4 members (excludes halogenated alkanes) is 1. The molecule has 0 rings (SSSR count). The van der Waals surface area contributed by atoms with Crippen LogP contribution in [-0.2, 0) is 0 Å². The molecular weight excluding hydrogens is 120 g/mol. The van der Waals surface area contributed by atoms with Gasteiger partial charge in [-0.1, -0.05) is 40.5 Å². The Morgan fingerprint density at radius 3 is 2.20 bits per heavy atom. The minimum atomic E-state index is 0.819. The van der Waals surface area contributed by atoms with Gasteiger partial charge in [-0.15, -0.1) is 0 Å². The van der Waals surface area contributed by atoms with Crippen LogP contribution in [0.5, 0.6) is 0 Å². The Balaban J connectivity index is 3.16. The highest BCUT2D eigenvalue weighted by Crippen LogP contribution is 2.15. The van der Waals surface area contributed by atoms with E-state index in [1.165, 1.54) is 19.3 Å². The maximum Gasteiger partial charge on any atom is -0.0358 e. The second kappa shape index (κ2) is 5.76. The van der Waals surface area contributed by atoms with E-state index in [9.17, 15) is 0 Å². The molecule has 0 N–H and O–H groups in total. The molecule has 0 heteroatoms. The minimum absolute atomic E-state index is 0.819. The summed E-state index contributed by atoms with van der Waals surface area (Å²) in [6.45, 7) is 9.13. The van der Waals surface area contributed by atoms with Crippen LogP contribution in [0.4, 0.5) is 0 Å². The molecular formula is C10H21. The smallest absolute Gasteiger partial charge is 0.0358 e. The molecule has 1 radical (unpaired) electrons. The predicted octanol–water partition coefficient (Wildman–Crippen LogP) is 3.67. The molecule has 61 valence electrons. The summed E-state index contributed by atoms with van der Waals surface area (Å²) < 4.78 is 0. The van der Waals surface area contributed by atoms with Crippen LogP contribution in [0.2, 0.25) is 0 Å². The maximum absolute atomic E-state index is 2.44. The molecule has 0 bridgehead atoms. The quantitative estimate of drug-likeness (QED) is 0.548. The van der Waals surface area contributed by atoms with Gasteiger partial charge in [0.05, 0.1) is 0 Å². The molecule has 0 aromatic heterocycles. The van der Waals surface area contributed by atoms with Crippen molar-refractivity contribution < 1.29 is 0 Å². The summed E-state index contributed by atoms with van der Waals surface area (Å²) in [5.74, 6) is 1.67. The van der Waals surface area contributed by atoms with Crippen molar-refractivity contribution in [2.45, 2.75) is 47.0 Å². The largest absolute Gasteiger partial charge is 0.0654 e. The lowest BCUT2D eigenvalue weighted by atomic mass is 9.94. The van der Waals surface area contributed by atoms with Crippen molar-refractivity contribution in [2.75, 3.05) is 0 Å². The molecule has 1 atom stereocenters. The summed E-state index contributed by atoms with van der Waals surface area (Å²) in [7, 11) is 0. The van der Waals surface area contributed by atoms with Gasteiger partial charge in [0.25, 0.3) is 0 Å². The minimum Gasteiger partial charge on any atom is -0.0654 e. The van der Waals surface area contributed by atoms with Gasteiger partial charge >= 0.3 is 0 Å². The van der Waals surface area contributed by atoms with Crippen molar-refractivity contribution in [3.63, 3.8) is 0 Å². The van der Waals surface area contributed by atoms with Crippen LogP contribution >= 0.6 is 0 Å². The molecule has 0 fully saturated rings. The van der Waals surface area contributed by atoms with Crippen molar-refractivity contribution in [3.8, 4) is 0 Å². The highest BCUT2D eigenvalue weighted by atomic mass is 14.1. The average Bonchev–Trinajstić information content (AvgIpc) is 1.82. The van der Waals surface area contributed by atoms with Gasteiger partial charge in [0.1, 0.15) is 0 Å². The van der Waals surface area contributed by atoms with E-state index in [1.807, 2.05) is 0 Å². The zero-order chi connectivity index (χ0) is 7.98. The summed E-state index contributed by atoms with van der Waals surface area (Å²) in [5, 5.41) is 0. The summed E-state index contributed by atoms with van der Waals surface area (Å²) in [6.07, 6.45) is 6.37. The first-order valence-corrected chi connectivity index (χ1v) is 4.50. The fourth-order valence-corrected chi connectivity index (χ4v) is 1.29. The molecule has 0 heterocycles. The van der Waals surface area contributed by atoms with Crippen molar-refractivity contribution in [1.29, 1.82) is 0 Å². The third-order valence-corrected chi connectivity index (χ3v) is 1.70. The van der Waals surface area contributed by atoms with Gasteiger partial charge in [-0.2, -0.15) is 0 Å². The van der Waals surface area contributed by atoms with Gasteiger partial charge in [0.15, 0.2) is 0 Å². The molecule has 0 aliphatic carbocycles.